The third kappa shape index (κ3) is 1.79. The molecule has 0 amide bonds. The van der Waals surface area contributed by atoms with Gasteiger partial charge in [-0.3, -0.25) is 14.8 Å². The van der Waals surface area contributed by atoms with Crippen LogP contribution in [0.4, 0.5) is 0 Å². The van der Waals surface area contributed by atoms with Crippen LogP contribution < -0.4 is 0 Å². The standard InChI is InChI=1S/C11H10N2O2/c1-7(11(14)15)9-4-8-2-3-12-6-10(8)13-5-9/h2-7H,1H3,(H,14,15). The second-order valence-corrected chi connectivity index (χ2v) is 3.40. The molecule has 0 bridgehead atoms. The minimum atomic E-state index is -0.842. The van der Waals surface area contributed by atoms with Crippen LogP contribution in [0.15, 0.2) is 30.7 Å². The summed E-state index contributed by atoms with van der Waals surface area (Å²) in [7, 11) is 0. The Morgan fingerprint density at radius 2 is 2.27 bits per heavy atom. The van der Waals surface area contributed by atoms with Crippen molar-refractivity contribution in [2.45, 2.75) is 12.8 Å². The number of carbonyl (C=O) groups is 1. The van der Waals surface area contributed by atoms with Crippen molar-refractivity contribution in [3.8, 4) is 0 Å². The first-order valence-electron chi connectivity index (χ1n) is 4.61. The number of carboxylic acid groups (broad SMARTS) is 1. The van der Waals surface area contributed by atoms with Gasteiger partial charge in [0.15, 0.2) is 0 Å². The highest BCUT2D eigenvalue weighted by Crippen LogP contribution is 2.18. The monoisotopic (exact) mass is 202 g/mol. The Morgan fingerprint density at radius 3 is 3.00 bits per heavy atom. The summed E-state index contributed by atoms with van der Waals surface area (Å²) in [4.78, 5) is 18.9. The van der Waals surface area contributed by atoms with Gasteiger partial charge < -0.3 is 5.11 Å². The van der Waals surface area contributed by atoms with Gasteiger partial charge in [-0.1, -0.05) is 0 Å². The van der Waals surface area contributed by atoms with E-state index in [0.717, 1.165) is 10.9 Å². The van der Waals surface area contributed by atoms with Gasteiger partial charge in [-0.2, -0.15) is 0 Å². The molecule has 0 spiro atoms. The molecule has 0 aliphatic rings. The maximum atomic E-state index is 10.8. The van der Waals surface area contributed by atoms with Crippen LogP contribution in [-0.4, -0.2) is 21.0 Å². The van der Waals surface area contributed by atoms with Gasteiger partial charge in [-0.15, -0.1) is 0 Å². The molecule has 1 atom stereocenters. The van der Waals surface area contributed by atoms with E-state index in [-0.39, 0.29) is 0 Å². The summed E-state index contributed by atoms with van der Waals surface area (Å²) in [5.41, 5.74) is 1.49. The number of fused-ring (bicyclic) bond motifs is 1. The fourth-order valence-electron chi connectivity index (χ4n) is 1.37. The van der Waals surface area contributed by atoms with Gasteiger partial charge in [-0.05, 0) is 24.6 Å². The fourth-order valence-corrected chi connectivity index (χ4v) is 1.37. The van der Waals surface area contributed by atoms with E-state index >= 15 is 0 Å². The molecule has 2 aromatic rings. The summed E-state index contributed by atoms with van der Waals surface area (Å²) in [6, 6.07) is 3.66. The highest BCUT2D eigenvalue weighted by Gasteiger charge is 2.14. The predicted octanol–water partition coefficient (Wildman–Crippen LogP) is 1.82. The van der Waals surface area contributed by atoms with E-state index in [4.69, 9.17) is 5.11 Å². The van der Waals surface area contributed by atoms with Gasteiger partial charge >= 0.3 is 5.97 Å². The number of hydrogen-bond donors (Lipinski definition) is 1. The smallest absolute Gasteiger partial charge is 0.310 e. The maximum absolute atomic E-state index is 10.8. The molecule has 0 aliphatic carbocycles. The first-order valence-corrected chi connectivity index (χ1v) is 4.61. The average Bonchev–Trinajstić information content (AvgIpc) is 2.27. The van der Waals surface area contributed by atoms with Gasteiger partial charge in [0.2, 0.25) is 0 Å². The quantitative estimate of drug-likeness (QED) is 0.806. The molecule has 4 nitrogen and oxygen atoms in total. The molecule has 2 rings (SSSR count). The van der Waals surface area contributed by atoms with Crippen LogP contribution in [0.3, 0.4) is 0 Å². The van der Waals surface area contributed by atoms with Crippen LogP contribution in [0.5, 0.6) is 0 Å². The van der Waals surface area contributed by atoms with E-state index < -0.39 is 11.9 Å². The minimum absolute atomic E-state index is 0.532. The Kier molecular flexibility index (Phi) is 2.33. The summed E-state index contributed by atoms with van der Waals surface area (Å²) in [5.74, 6) is -1.37. The molecule has 1 unspecified atom stereocenters. The van der Waals surface area contributed by atoms with E-state index in [9.17, 15) is 4.79 Å². The number of pyridine rings is 2. The molecular weight excluding hydrogens is 192 g/mol. The van der Waals surface area contributed by atoms with Crippen LogP contribution in [0.2, 0.25) is 0 Å². The predicted molar refractivity (Wildman–Crippen MR) is 55.6 cm³/mol. The Labute approximate surface area is 86.6 Å². The molecule has 2 aromatic heterocycles. The number of aromatic nitrogens is 2. The van der Waals surface area contributed by atoms with Crippen LogP contribution in [0.25, 0.3) is 10.9 Å². The van der Waals surface area contributed by atoms with Crippen molar-refractivity contribution >= 4 is 16.9 Å². The lowest BCUT2D eigenvalue weighted by Gasteiger charge is -2.06. The number of aliphatic carboxylic acids is 1. The Balaban J connectivity index is 2.51. The molecule has 0 fully saturated rings. The lowest BCUT2D eigenvalue weighted by atomic mass is 10.0. The van der Waals surface area contributed by atoms with Crippen molar-refractivity contribution in [2.24, 2.45) is 0 Å². The Morgan fingerprint density at radius 1 is 1.47 bits per heavy atom. The molecule has 0 saturated heterocycles. The third-order valence-electron chi connectivity index (χ3n) is 2.38. The normalized spacial score (nSPS) is 12.6. The second kappa shape index (κ2) is 3.65. The van der Waals surface area contributed by atoms with Crippen molar-refractivity contribution in [3.05, 3.63) is 36.3 Å². The third-order valence-corrected chi connectivity index (χ3v) is 2.38. The summed E-state index contributed by atoms with van der Waals surface area (Å²) < 4.78 is 0. The molecular formula is C11H10N2O2. The largest absolute Gasteiger partial charge is 0.481 e. The number of hydrogen-bond acceptors (Lipinski definition) is 3. The van der Waals surface area contributed by atoms with E-state index in [2.05, 4.69) is 9.97 Å². The Bertz CT molecular complexity index is 511. The van der Waals surface area contributed by atoms with Crippen LogP contribution >= 0.6 is 0 Å². The lowest BCUT2D eigenvalue weighted by molar-refractivity contribution is -0.138. The SMILES string of the molecule is CC(C(=O)O)c1cnc2cnccc2c1. The molecule has 15 heavy (non-hydrogen) atoms. The van der Waals surface area contributed by atoms with Crippen molar-refractivity contribution in [2.75, 3.05) is 0 Å². The van der Waals surface area contributed by atoms with Gasteiger partial charge in [-0.25, -0.2) is 0 Å². The van der Waals surface area contributed by atoms with Gasteiger partial charge in [0, 0.05) is 17.8 Å². The average molecular weight is 202 g/mol. The molecule has 0 aromatic carbocycles. The zero-order valence-corrected chi connectivity index (χ0v) is 8.21. The zero-order valence-electron chi connectivity index (χ0n) is 8.21. The van der Waals surface area contributed by atoms with E-state index in [1.165, 1.54) is 0 Å². The first kappa shape index (κ1) is 9.58. The highest BCUT2D eigenvalue weighted by atomic mass is 16.4. The van der Waals surface area contributed by atoms with Crippen molar-refractivity contribution in [1.82, 2.24) is 9.97 Å². The highest BCUT2D eigenvalue weighted by molar-refractivity contribution is 5.81. The molecule has 1 N–H and O–H groups in total. The second-order valence-electron chi connectivity index (χ2n) is 3.40. The summed E-state index contributed by atoms with van der Waals surface area (Å²) >= 11 is 0. The zero-order chi connectivity index (χ0) is 10.8. The number of rotatable bonds is 2. The first-order chi connectivity index (χ1) is 7.18. The lowest BCUT2D eigenvalue weighted by Crippen LogP contribution is -2.07. The van der Waals surface area contributed by atoms with E-state index in [1.807, 2.05) is 12.1 Å². The summed E-state index contributed by atoms with van der Waals surface area (Å²) in [6.07, 6.45) is 4.91. The van der Waals surface area contributed by atoms with Crippen LogP contribution in [-0.2, 0) is 4.79 Å². The Hall–Kier alpha value is -1.97. The van der Waals surface area contributed by atoms with Gasteiger partial charge in [0.05, 0.1) is 17.6 Å². The van der Waals surface area contributed by atoms with Crippen molar-refractivity contribution in [1.29, 1.82) is 0 Å². The molecule has 0 saturated carbocycles. The summed E-state index contributed by atoms with van der Waals surface area (Å²) in [5, 5.41) is 9.78. The van der Waals surface area contributed by atoms with Crippen molar-refractivity contribution in [3.63, 3.8) is 0 Å². The van der Waals surface area contributed by atoms with E-state index in [1.54, 1.807) is 25.5 Å². The maximum Gasteiger partial charge on any atom is 0.310 e. The van der Waals surface area contributed by atoms with Gasteiger partial charge in [0.25, 0.3) is 0 Å². The van der Waals surface area contributed by atoms with Gasteiger partial charge in [0.1, 0.15) is 0 Å². The van der Waals surface area contributed by atoms with Crippen molar-refractivity contribution < 1.29 is 9.90 Å². The molecule has 76 valence electrons. The summed E-state index contributed by atoms with van der Waals surface area (Å²) in [6.45, 7) is 1.65. The van der Waals surface area contributed by atoms with Crippen LogP contribution in [0.1, 0.15) is 18.4 Å². The number of nitrogens with zero attached hydrogens (tertiary/aromatic N) is 2. The molecule has 0 aliphatic heterocycles. The molecule has 0 radical (unpaired) electrons. The minimum Gasteiger partial charge on any atom is -0.481 e. The topological polar surface area (TPSA) is 63.1 Å². The molecule has 4 heteroatoms. The fraction of sp³-hybridized carbons (Fsp3) is 0.182. The van der Waals surface area contributed by atoms with Crippen LogP contribution in [0, 0.1) is 0 Å². The number of carboxylic acids is 1. The molecule has 2 heterocycles. The van der Waals surface area contributed by atoms with E-state index in [0.29, 0.717) is 5.56 Å².